The molecule has 23 heavy (non-hydrogen) atoms. The lowest BCUT2D eigenvalue weighted by Gasteiger charge is -2.17. The number of hydrogen-bond donors (Lipinski definition) is 1. The lowest BCUT2D eigenvalue weighted by atomic mass is 10.2. The number of hydrogen-bond acceptors (Lipinski definition) is 4. The summed E-state index contributed by atoms with van der Waals surface area (Å²) < 4.78 is 7.63. The molecule has 0 saturated carbocycles. The Morgan fingerprint density at radius 1 is 1.39 bits per heavy atom. The molecular weight excluding hydrogens is 316 g/mol. The van der Waals surface area contributed by atoms with Crippen molar-refractivity contribution in [3.63, 3.8) is 0 Å². The van der Waals surface area contributed by atoms with Crippen LogP contribution in [0.5, 0.6) is 5.75 Å². The lowest BCUT2D eigenvalue weighted by molar-refractivity contribution is -0.122. The molecule has 0 radical (unpaired) electrons. The van der Waals surface area contributed by atoms with Gasteiger partial charge in [0.2, 0.25) is 5.95 Å². The summed E-state index contributed by atoms with van der Waals surface area (Å²) in [6.07, 6.45) is 2.38. The Morgan fingerprint density at radius 2 is 2.22 bits per heavy atom. The van der Waals surface area contributed by atoms with Crippen molar-refractivity contribution < 1.29 is 9.53 Å². The lowest BCUT2D eigenvalue weighted by Crippen LogP contribution is -2.31. The van der Waals surface area contributed by atoms with Gasteiger partial charge in [-0.15, -0.1) is 10.2 Å². The summed E-state index contributed by atoms with van der Waals surface area (Å²) in [5, 5.41) is 11.4. The number of fused-ring (bicyclic) bond motifs is 1. The number of ether oxygens (including phenoxy) is 1. The SMILES string of the molecule is Cc1ccc(Cl)c(OC(C)C(=O)Nc2nnc3n2CCCC3)c1. The molecule has 1 atom stereocenters. The second kappa shape index (κ2) is 6.58. The number of amides is 1. The zero-order valence-corrected chi connectivity index (χ0v) is 13.9. The van der Waals surface area contributed by atoms with Gasteiger partial charge in [0.05, 0.1) is 5.02 Å². The molecule has 0 saturated heterocycles. The van der Waals surface area contributed by atoms with Crippen molar-refractivity contribution in [2.45, 2.75) is 45.8 Å². The number of rotatable bonds is 4. The standard InChI is InChI=1S/C16H19ClN4O2/c1-10-6-7-12(17)13(9-10)23-11(2)15(22)18-16-20-19-14-5-3-4-8-21(14)16/h6-7,9,11H,3-5,8H2,1-2H3,(H,18,20,22). The van der Waals surface area contributed by atoms with E-state index < -0.39 is 6.10 Å². The number of aromatic nitrogens is 3. The number of carbonyl (C=O) groups excluding carboxylic acids is 1. The minimum Gasteiger partial charge on any atom is -0.479 e. The van der Waals surface area contributed by atoms with Crippen LogP contribution in [0.4, 0.5) is 5.95 Å². The van der Waals surface area contributed by atoms with Gasteiger partial charge in [-0.3, -0.25) is 14.7 Å². The molecule has 1 aliphatic heterocycles. The van der Waals surface area contributed by atoms with Gasteiger partial charge in [0.15, 0.2) is 6.10 Å². The fourth-order valence-electron chi connectivity index (χ4n) is 2.56. The van der Waals surface area contributed by atoms with Crippen LogP contribution in [0.1, 0.15) is 31.2 Å². The first kappa shape index (κ1) is 15.8. The van der Waals surface area contributed by atoms with Crippen molar-refractivity contribution in [2.24, 2.45) is 0 Å². The molecule has 6 nitrogen and oxygen atoms in total. The predicted molar refractivity (Wildman–Crippen MR) is 87.9 cm³/mol. The normalized spacial score (nSPS) is 14.9. The fraction of sp³-hybridized carbons (Fsp3) is 0.438. The first-order valence-corrected chi connectivity index (χ1v) is 8.08. The van der Waals surface area contributed by atoms with Gasteiger partial charge >= 0.3 is 0 Å². The maximum atomic E-state index is 12.3. The topological polar surface area (TPSA) is 69.0 Å². The molecule has 0 spiro atoms. The van der Waals surface area contributed by atoms with E-state index in [-0.39, 0.29) is 5.91 Å². The second-order valence-corrected chi connectivity index (χ2v) is 6.14. The van der Waals surface area contributed by atoms with Crippen LogP contribution >= 0.6 is 11.6 Å². The van der Waals surface area contributed by atoms with Crippen LogP contribution in [0.25, 0.3) is 0 Å². The maximum Gasteiger partial charge on any atom is 0.267 e. The number of benzene rings is 1. The summed E-state index contributed by atoms with van der Waals surface area (Å²) in [6, 6.07) is 5.46. The van der Waals surface area contributed by atoms with Gasteiger partial charge in [0, 0.05) is 13.0 Å². The largest absolute Gasteiger partial charge is 0.479 e. The summed E-state index contributed by atoms with van der Waals surface area (Å²) in [6.45, 7) is 4.45. The van der Waals surface area contributed by atoms with Crippen molar-refractivity contribution >= 4 is 23.5 Å². The Kier molecular flexibility index (Phi) is 4.52. The molecule has 0 aliphatic carbocycles. The van der Waals surface area contributed by atoms with Gasteiger partial charge in [-0.25, -0.2) is 0 Å². The number of carbonyl (C=O) groups is 1. The first-order chi connectivity index (χ1) is 11.0. The van der Waals surface area contributed by atoms with E-state index in [9.17, 15) is 4.79 Å². The number of anilines is 1. The molecule has 0 bridgehead atoms. The molecule has 1 amide bonds. The second-order valence-electron chi connectivity index (χ2n) is 5.73. The van der Waals surface area contributed by atoms with E-state index in [0.29, 0.717) is 16.7 Å². The average Bonchev–Trinajstić information content (AvgIpc) is 2.94. The average molecular weight is 335 g/mol. The molecule has 1 N–H and O–H groups in total. The van der Waals surface area contributed by atoms with E-state index >= 15 is 0 Å². The highest BCUT2D eigenvalue weighted by molar-refractivity contribution is 6.32. The Balaban J connectivity index is 1.68. The number of aryl methyl sites for hydroxylation is 2. The van der Waals surface area contributed by atoms with Crippen LogP contribution in [0.15, 0.2) is 18.2 Å². The van der Waals surface area contributed by atoms with E-state index in [2.05, 4.69) is 15.5 Å². The highest BCUT2D eigenvalue weighted by Crippen LogP contribution is 2.26. The molecule has 2 aromatic rings. The minimum atomic E-state index is -0.689. The van der Waals surface area contributed by atoms with Crippen LogP contribution in [-0.4, -0.2) is 26.8 Å². The van der Waals surface area contributed by atoms with E-state index in [1.54, 1.807) is 13.0 Å². The molecule has 2 heterocycles. The highest BCUT2D eigenvalue weighted by atomic mass is 35.5. The fourth-order valence-corrected chi connectivity index (χ4v) is 2.72. The van der Waals surface area contributed by atoms with Gasteiger partial charge in [-0.1, -0.05) is 17.7 Å². The van der Waals surface area contributed by atoms with Gasteiger partial charge in [-0.05, 0) is 44.4 Å². The molecule has 1 aliphatic rings. The first-order valence-electron chi connectivity index (χ1n) is 7.70. The zero-order chi connectivity index (χ0) is 16.4. The summed E-state index contributed by atoms with van der Waals surface area (Å²) in [5.41, 5.74) is 1.02. The van der Waals surface area contributed by atoms with Gasteiger partial charge < -0.3 is 4.74 Å². The van der Waals surface area contributed by atoms with Crippen LogP contribution in [0, 0.1) is 6.92 Å². The minimum absolute atomic E-state index is 0.275. The predicted octanol–water partition coefficient (Wildman–Crippen LogP) is 2.98. The van der Waals surface area contributed by atoms with E-state index in [0.717, 1.165) is 37.2 Å². The Labute approximate surface area is 139 Å². The highest BCUT2D eigenvalue weighted by Gasteiger charge is 2.21. The van der Waals surface area contributed by atoms with Crippen molar-refractivity contribution in [1.29, 1.82) is 0 Å². The number of halogens is 1. The molecule has 1 aromatic heterocycles. The van der Waals surface area contributed by atoms with E-state index in [1.807, 2.05) is 23.6 Å². The summed E-state index contributed by atoms with van der Waals surface area (Å²) >= 11 is 6.10. The van der Waals surface area contributed by atoms with Gasteiger partial charge in [0.1, 0.15) is 11.6 Å². The van der Waals surface area contributed by atoms with Crippen LogP contribution in [0.3, 0.4) is 0 Å². The maximum absolute atomic E-state index is 12.3. The Bertz CT molecular complexity index is 729. The van der Waals surface area contributed by atoms with E-state index in [1.165, 1.54) is 0 Å². The third kappa shape index (κ3) is 3.47. The quantitative estimate of drug-likeness (QED) is 0.933. The monoisotopic (exact) mass is 334 g/mol. The van der Waals surface area contributed by atoms with Crippen molar-refractivity contribution in [2.75, 3.05) is 5.32 Å². The summed E-state index contributed by atoms with van der Waals surface area (Å²) in [5.74, 6) is 1.62. The molecule has 122 valence electrons. The van der Waals surface area contributed by atoms with Crippen molar-refractivity contribution in [3.05, 3.63) is 34.6 Å². The smallest absolute Gasteiger partial charge is 0.267 e. The van der Waals surface area contributed by atoms with Crippen molar-refractivity contribution in [3.8, 4) is 5.75 Å². The van der Waals surface area contributed by atoms with Gasteiger partial charge in [-0.2, -0.15) is 0 Å². The Hall–Kier alpha value is -2.08. The molecule has 1 aromatic carbocycles. The third-order valence-electron chi connectivity index (χ3n) is 3.85. The molecule has 1 unspecified atom stereocenters. The van der Waals surface area contributed by atoms with Crippen LogP contribution < -0.4 is 10.1 Å². The molecular formula is C16H19ClN4O2. The summed E-state index contributed by atoms with van der Waals surface area (Å²) in [7, 11) is 0. The third-order valence-corrected chi connectivity index (χ3v) is 4.17. The number of nitrogens with one attached hydrogen (secondary N) is 1. The van der Waals surface area contributed by atoms with Crippen LogP contribution in [-0.2, 0) is 17.8 Å². The van der Waals surface area contributed by atoms with E-state index in [4.69, 9.17) is 16.3 Å². The van der Waals surface area contributed by atoms with Crippen LogP contribution in [0.2, 0.25) is 5.02 Å². The van der Waals surface area contributed by atoms with Gasteiger partial charge in [0.25, 0.3) is 5.91 Å². The zero-order valence-electron chi connectivity index (χ0n) is 13.2. The molecule has 3 rings (SSSR count). The molecule has 0 fully saturated rings. The Morgan fingerprint density at radius 3 is 3.04 bits per heavy atom. The number of nitrogens with zero attached hydrogens (tertiary/aromatic N) is 3. The summed E-state index contributed by atoms with van der Waals surface area (Å²) in [4.78, 5) is 12.3. The van der Waals surface area contributed by atoms with Crippen molar-refractivity contribution in [1.82, 2.24) is 14.8 Å². The molecule has 7 heteroatoms.